The summed E-state index contributed by atoms with van der Waals surface area (Å²) in [6.45, 7) is -0.283. The maximum atomic E-state index is 12.4. The van der Waals surface area contributed by atoms with Gasteiger partial charge in [0.15, 0.2) is 18.1 Å². The number of rotatable bonds is 8. The predicted octanol–water partition coefficient (Wildman–Crippen LogP) is 4.02. The molecule has 0 aliphatic rings. The molecule has 0 saturated carbocycles. The number of halogens is 1. The lowest BCUT2D eigenvalue weighted by Gasteiger charge is -2.13. The first-order chi connectivity index (χ1) is 15.0. The third-order valence-corrected chi connectivity index (χ3v) is 4.39. The summed E-state index contributed by atoms with van der Waals surface area (Å²) in [4.78, 5) is 28.6. The average Bonchev–Trinajstić information content (AvgIpc) is 2.78. The SMILES string of the molecule is COc1ccc(Cl)cc1NC(=O)COc1ccc(C(=O)Nc2ccncc2)cc1OC. The van der Waals surface area contributed by atoms with Crippen molar-refractivity contribution in [2.75, 3.05) is 31.5 Å². The van der Waals surface area contributed by atoms with Gasteiger partial charge in [0.1, 0.15) is 5.75 Å². The Kier molecular flexibility index (Phi) is 7.29. The Balaban J connectivity index is 1.64. The van der Waals surface area contributed by atoms with Crippen molar-refractivity contribution in [1.29, 1.82) is 0 Å². The summed E-state index contributed by atoms with van der Waals surface area (Å²) in [5.41, 5.74) is 1.42. The number of nitrogens with zero attached hydrogens (tertiary/aromatic N) is 1. The molecule has 0 atom stereocenters. The lowest BCUT2D eigenvalue weighted by atomic mass is 10.2. The topological polar surface area (TPSA) is 98.8 Å². The molecule has 0 aliphatic heterocycles. The molecule has 160 valence electrons. The summed E-state index contributed by atoms with van der Waals surface area (Å²) in [7, 11) is 2.94. The molecule has 3 rings (SSSR count). The van der Waals surface area contributed by atoms with Gasteiger partial charge in [0.25, 0.3) is 11.8 Å². The smallest absolute Gasteiger partial charge is 0.262 e. The Morgan fingerprint density at radius 3 is 2.32 bits per heavy atom. The minimum atomic E-state index is -0.415. The fourth-order valence-electron chi connectivity index (χ4n) is 2.67. The van der Waals surface area contributed by atoms with Crippen LogP contribution in [0.25, 0.3) is 0 Å². The second kappa shape index (κ2) is 10.3. The third-order valence-electron chi connectivity index (χ3n) is 4.16. The van der Waals surface area contributed by atoms with Gasteiger partial charge in [-0.05, 0) is 48.5 Å². The van der Waals surface area contributed by atoms with E-state index in [1.807, 2.05) is 0 Å². The van der Waals surface area contributed by atoms with E-state index in [2.05, 4.69) is 15.6 Å². The number of hydrogen-bond donors (Lipinski definition) is 2. The average molecular weight is 442 g/mol. The lowest BCUT2D eigenvalue weighted by Crippen LogP contribution is -2.20. The number of amides is 2. The molecule has 31 heavy (non-hydrogen) atoms. The number of benzene rings is 2. The highest BCUT2D eigenvalue weighted by Crippen LogP contribution is 2.30. The van der Waals surface area contributed by atoms with Crippen molar-refractivity contribution < 1.29 is 23.8 Å². The Hall–Kier alpha value is -3.78. The zero-order chi connectivity index (χ0) is 22.2. The highest BCUT2D eigenvalue weighted by Gasteiger charge is 2.14. The van der Waals surface area contributed by atoms with E-state index >= 15 is 0 Å². The van der Waals surface area contributed by atoms with Crippen molar-refractivity contribution in [3.05, 3.63) is 71.5 Å². The van der Waals surface area contributed by atoms with Crippen LogP contribution in [0.2, 0.25) is 5.02 Å². The summed E-state index contributed by atoms with van der Waals surface area (Å²) >= 11 is 5.97. The van der Waals surface area contributed by atoms with Crippen molar-refractivity contribution in [3.8, 4) is 17.2 Å². The molecule has 1 aromatic heterocycles. The van der Waals surface area contributed by atoms with Gasteiger partial charge in [0, 0.05) is 28.7 Å². The van der Waals surface area contributed by atoms with E-state index in [0.29, 0.717) is 39.2 Å². The maximum Gasteiger partial charge on any atom is 0.262 e. The highest BCUT2D eigenvalue weighted by molar-refractivity contribution is 6.31. The number of methoxy groups -OCH3 is 2. The fraction of sp³-hybridized carbons (Fsp3) is 0.136. The first-order valence-electron chi connectivity index (χ1n) is 9.15. The zero-order valence-corrected chi connectivity index (χ0v) is 17.6. The molecular formula is C22H20ClN3O5. The minimum Gasteiger partial charge on any atom is -0.495 e. The number of aromatic nitrogens is 1. The molecule has 3 aromatic rings. The summed E-state index contributed by atoms with van der Waals surface area (Å²) in [6.07, 6.45) is 3.16. The van der Waals surface area contributed by atoms with Crippen LogP contribution in [0.4, 0.5) is 11.4 Å². The number of nitrogens with one attached hydrogen (secondary N) is 2. The van der Waals surface area contributed by atoms with Gasteiger partial charge in [-0.2, -0.15) is 0 Å². The Labute approximate surface area is 184 Å². The molecule has 0 aliphatic carbocycles. The zero-order valence-electron chi connectivity index (χ0n) is 16.8. The van der Waals surface area contributed by atoms with Crippen molar-refractivity contribution in [1.82, 2.24) is 4.98 Å². The van der Waals surface area contributed by atoms with Crippen LogP contribution < -0.4 is 24.8 Å². The first-order valence-corrected chi connectivity index (χ1v) is 9.53. The van der Waals surface area contributed by atoms with Gasteiger partial charge in [0.05, 0.1) is 19.9 Å². The Bertz CT molecular complexity index is 1080. The monoisotopic (exact) mass is 441 g/mol. The molecule has 0 unspecified atom stereocenters. The molecule has 2 aromatic carbocycles. The maximum absolute atomic E-state index is 12.4. The van der Waals surface area contributed by atoms with E-state index in [0.717, 1.165) is 0 Å². The number of pyridine rings is 1. The molecule has 0 saturated heterocycles. The molecule has 2 N–H and O–H groups in total. The Morgan fingerprint density at radius 1 is 0.903 bits per heavy atom. The van der Waals surface area contributed by atoms with Gasteiger partial charge in [-0.1, -0.05) is 11.6 Å². The molecule has 0 spiro atoms. The second-order valence-electron chi connectivity index (χ2n) is 6.24. The van der Waals surface area contributed by atoms with E-state index in [9.17, 15) is 9.59 Å². The van der Waals surface area contributed by atoms with Crippen LogP contribution in [0.3, 0.4) is 0 Å². The number of carbonyl (C=O) groups is 2. The van der Waals surface area contributed by atoms with Crippen LogP contribution in [-0.2, 0) is 4.79 Å². The van der Waals surface area contributed by atoms with E-state index in [-0.39, 0.29) is 12.5 Å². The van der Waals surface area contributed by atoms with Crippen molar-refractivity contribution in [2.45, 2.75) is 0 Å². The molecular weight excluding hydrogens is 422 g/mol. The molecule has 9 heteroatoms. The molecule has 2 amide bonds. The van der Waals surface area contributed by atoms with Crippen LogP contribution in [0.1, 0.15) is 10.4 Å². The largest absolute Gasteiger partial charge is 0.495 e. The van der Waals surface area contributed by atoms with Crippen molar-refractivity contribution >= 4 is 34.8 Å². The van der Waals surface area contributed by atoms with Crippen molar-refractivity contribution in [2.24, 2.45) is 0 Å². The standard InChI is InChI=1S/C22H20ClN3O5/c1-29-18-6-4-15(23)12-17(18)26-21(27)13-31-19-5-3-14(11-20(19)30-2)22(28)25-16-7-9-24-10-8-16/h3-12H,13H2,1-2H3,(H,26,27)(H,24,25,28). The van der Waals surface area contributed by atoms with E-state index in [4.69, 9.17) is 25.8 Å². The van der Waals surface area contributed by atoms with Crippen molar-refractivity contribution in [3.63, 3.8) is 0 Å². The van der Waals surface area contributed by atoms with Gasteiger partial charge < -0.3 is 24.8 Å². The number of hydrogen-bond acceptors (Lipinski definition) is 6. The van der Waals surface area contributed by atoms with Gasteiger partial charge in [0.2, 0.25) is 0 Å². The molecule has 8 nitrogen and oxygen atoms in total. The second-order valence-corrected chi connectivity index (χ2v) is 6.67. The van der Waals surface area contributed by atoms with E-state index < -0.39 is 5.91 Å². The van der Waals surface area contributed by atoms with Crippen LogP contribution in [0.5, 0.6) is 17.2 Å². The third kappa shape index (κ3) is 5.86. The molecule has 1 heterocycles. The fourth-order valence-corrected chi connectivity index (χ4v) is 2.85. The van der Waals surface area contributed by atoms with Crippen LogP contribution in [-0.4, -0.2) is 37.6 Å². The normalized spacial score (nSPS) is 10.2. The van der Waals surface area contributed by atoms with Crippen LogP contribution in [0.15, 0.2) is 60.9 Å². The molecule has 0 radical (unpaired) electrons. The van der Waals surface area contributed by atoms with Gasteiger partial charge >= 0.3 is 0 Å². The number of anilines is 2. The summed E-state index contributed by atoms with van der Waals surface area (Å²) < 4.78 is 16.1. The molecule has 0 bridgehead atoms. The predicted molar refractivity (Wildman–Crippen MR) is 117 cm³/mol. The van der Waals surface area contributed by atoms with Crippen LogP contribution in [0, 0.1) is 0 Å². The lowest BCUT2D eigenvalue weighted by molar-refractivity contribution is -0.118. The first kappa shape index (κ1) is 21.9. The van der Waals surface area contributed by atoms with E-state index in [1.54, 1.807) is 54.9 Å². The molecule has 0 fully saturated rings. The summed E-state index contributed by atoms with van der Waals surface area (Å²) in [5, 5.41) is 5.90. The quantitative estimate of drug-likeness (QED) is 0.547. The minimum absolute atomic E-state index is 0.283. The van der Waals surface area contributed by atoms with E-state index in [1.165, 1.54) is 20.3 Å². The number of carbonyl (C=O) groups excluding carboxylic acids is 2. The van der Waals surface area contributed by atoms with Gasteiger partial charge in [-0.3, -0.25) is 14.6 Å². The van der Waals surface area contributed by atoms with Gasteiger partial charge in [-0.25, -0.2) is 0 Å². The number of ether oxygens (including phenoxy) is 3. The Morgan fingerprint density at radius 2 is 1.61 bits per heavy atom. The van der Waals surface area contributed by atoms with Crippen LogP contribution >= 0.6 is 11.6 Å². The summed E-state index contributed by atoms with van der Waals surface area (Å²) in [5.74, 6) is 0.371. The summed E-state index contributed by atoms with van der Waals surface area (Å²) in [6, 6.07) is 12.9. The highest BCUT2D eigenvalue weighted by atomic mass is 35.5. The van der Waals surface area contributed by atoms with Gasteiger partial charge in [-0.15, -0.1) is 0 Å².